The molecule has 0 radical (unpaired) electrons. The van der Waals surface area contributed by atoms with Crippen molar-refractivity contribution in [3.63, 3.8) is 0 Å². The van der Waals surface area contributed by atoms with Gasteiger partial charge in [-0.15, -0.1) is 0 Å². The van der Waals surface area contributed by atoms with Crippen LogP contribution in [0.5, 0.6) is 0 Å². The summed E-state index contributed by atoms with van der Waals surface area (Å²) in [4.78, 5) is 39.4. The number of anilines is 2. The number of rotatable bonds is 5. The third kappa shape index (κ3) is 3.79. The van der Waals surface area contributed by atoms with Gasteiger partial charge in [0.2, 0.25) is 5.91 Å². The van der Waals surface area contributed by atoms with Gasteiger partial charge in [0.05, 0.1) is 6.42 Å². The average molecular weight is 446 g/mol. The number of carboxylic acids is 1. The smallest absolute Gasteiger partial charge is 0.326 e. The Morgan fingerprint density at radius 3 is 2.85 bits per heavy atom. The molecule has 1 fully saturated rings. The minimum absolute atomic E-state index is 0.0638. The van der Waals surface area contributed by atoms with Gasteiger partial charge in [-0.1, -0.05) is 18.2 Å². The molecule has 10 heteroatoms. The number of aryl methyl sites for hydroxylation is 1. The fourth-order valence-electron chi connectivity index (χ4n) is 4.34. The molecule has 4 N–H and O–H groups in total. The number of nitrogens with one attached hydrogen (secondary N) is 1. The fourth-order valence-corrected chi connectivity index (χ4v) is 4.34. The number of nitrogens with zero attached hydrogens (tertiary/aromatic N) is 4. The first-order chi connectivity index (χ1) is 15.9. The molecule has 0 aliphatic carbocycles. The highest BCUT2D eigenvalue weighted by Gasteiger charge is 2.40. The number of benzene rings is 1. The van der Waals surface area contributed by atoms with E-state index < -0.39 is 12.0 Å². The highest BCUT2D eigenvalue weighted by atomic mass is 16.4. The summed E-state index contributed by atoms with van der Waals surface area (Å²) in [6.07, 6.45) is 1.86. The van der Waals surface area contributed by atoms with Crippen LogP contribution in [-0.2, 0) is 16.0 Å². The van der Waals surface area contributed by atoms with Crippen molar-refractivity contribution >= 4 is 45.6 Å². The topological polar surface area (TPSA) is 147 Å². The second-order valence-corrected chi connectivity index (χ2v) is 8.10. The molecule has 4 aromatic rings. The maximum atomic E-state index is 12.6. The van der Waals surface area contributed by atoms with Gasteiger partial charge in [0.1, 0.15) is 28.8 Å². The molecule has 3 aromatic heterocycles. The van der Waals surface area contributed by atoms with E-state index in [1.807, 2.05) is 24.3 Å². The maximum Gasteiger partial charge on any atom is 0.326 e. The molecule has 1 aromatic carbocycles. The maximum absolute atomic E-state index is 12.6. The number of aliphatic carboxylic acids is 1. The monoisotopic (exact) mass is 446 g/mol. The van der Waals surface area contributed by atoms with Crippen LogP contribution in [0, 0.1) is 6.92 Å². The van der Waals surface area contributed by atoms with Crippen LogP contribution < -0.4 is 16.0 Å². The highest BCUT2D eigenvalue weighted by Crippen LogP contribution is 2.35. The Labute approximate surface area is 188 Å². The number of nitrogens with two attached hydrogens (primary N) is 1. The summed E-state index contributed by atoms with van der Waals surface area (Å²) in [6.45, 7) is 2.03. The molecule has 0 bridgehead atoms. The molecule has 1 saturated heterocycles. The molecular formula is C23H22N6O4. The van der Waals surface area contributed by atoms with E-state index in [2.05, 4.69) is 20.3 Å². The van der Waals surface area contributed by atoms with Crippen molar-refractivity contribution in [3.8, 4) is 0 Å². The third-order valence-corrected chi connectivity index (χ3v) is 5.81. The number of carbonyl (C=O) groups is 2. The normalized spacial score (nSPS) is 18.2. The molecule has 2 atom stereocenters. The van der Waals surface area contributed by atoms with E-state index in [0.717, 1.165) is 5.39 Å². The van der Waals surface area contributed by atoms with Gasteiger partial charge in [-0.2, -0.15) is 0 Å². The molecule has 33 heavy (non-hydrogen) atoms. The molecule has 1 aliphatic heterocycles. The van der Waals surface area contributed by atoms with Crippen LogP contribution >= 0.6 is 0 Å². The molecular weight excluding hydrogens is 424 g/mol. The van der Waals surface area contributed by atoms with Gasteiger partial charge in [-0.25, -0.2) is 19.7 Å². The van der Waals surface area contributed by atoms with Gasteiger partial charge >= 0.3 is 5.97 Å². The molecule has 4 heterocycles. The summed E-state index contributed by atoms with van der Waals surface area (Å²) in [5.74, 6) is -0.0304. The molecule has 2 unspecified atom stereocenters. The molecule has 168 valence electrons. The number of hydrogen-bond acceptors (Lipinski definition) is 8. The lowest BCUT2D eigenvalue weighted by Crippen LogP contribution is -2.39. The first-order valence-corrected chi connectivity index (χ1v) is 10.5. The lowest BCUT2D eigenvalue weighted by molar-refractivity contribution is -0.138. The quantitative estimate of drug-likeness (QED) is 0.419. The number of fused-ring (bicyclic) bond motifs is 3. The number of pyridine rings is 1. The van der Waals surface area contributed by atoms with E-state index in [4.69, 9.17) is 10.2 Å². The lowest BCUT2D eigenvalue weighted by Gasteiger charge is -2.22. The Balaban J connectivity index is 1.44. The Morgan fingerprint density at radius 1 is 1.24 bits per heavy atom. The summed E-state index contributed by atoms with van der Waals surface area (Å²) < 4.78 is 6.02. The number of furan rings is 1. The van der Waals surface area contributed by atoms with E-state index in [-0.39, 0.29) is 31.3 Å². The van der Waals surface area contributed by atoms with Crippen molar-refractivity contribution in [2.45, 2.75) is 31.8 Å². The summed E-state index contributed by atoms with van der Waals surface area (Å²) in [7, 11) is 0. The van der Waals surface area contributed by atoms with Crippen LogP contribution in [0.2, 0.25) is 0 Å². The Hall–Kier alpha value is -4.21. The zero-order chi connectivity index (χ0) is 23.1. The predicted molar refractivity (Wildman–Crippen MR) is 122 cm³/mol. The zero-order valence-corrected chi connectivity index (χ0v) is 17.9. The van der Waals surface area contributed by atoms with Crippen LogP contribution in [0.15, 0.2) is 47.0 Å². The Bertz CT molecular complexity index is 1380. The molecule has 0 spiro atoms. The van der Waals surface area contributed by atoms with Crippen LogP contribution in [0.3, 0.4) is 0 Å². The van der Waals surface area contributed by atoms with Crippen LogP contribution in [-0.4, -0.2) is 50.6 Å². The summed E-state index contributed by atoms with van der Waals surface area (Å²) in [5, 5.41) is 13.7. The fraction of sp³-hybridized carbons (Fsp3) is 0.261. The minimum Gasteiger partial charge on any atom is -0.480 e. The first kappa shape index (κ1) is 20.7. The summed E-state index contributed by atoms with van der Waals surface area (Å²) in [5.41, 5.74) is 8.18. The van der Waals surface area contributed by atoms with E-state index >= 15 is 0 Å². The largest absolute Gasteiger partial charge is 0.480 e. The minimum atomic E-state index is -0.997. The van der Waals surface area contributed by atoms with Gasteiger partial charge in [-0.3, -0.25) is 4.79 Å². The van der Waals surface area contributed by atoms with Gasteiger partial charge < -0.3 is 25.5 Å². The van der Waals surface area contributed by atoms with E-state index in [9.17, 15) is 14.7 Å². The number of carboxylic acid groups (broad SMARTS) is 1. The van der Waals surface area contributed by atoms with Gasteiger partial charge in [-0.05, 0) is 25.1 Å². The SMILES string of the molecule is Cc1nc(N2CC(NC(=O)Cc3cccnc3N)CC2C(=O)O)c2oc3ccccc3c2n1. The third-order valence-electron chi connectivity index (χ3n) is 5.81. The molecule has 1 aliphatic rings. The van der Waals surface area contributed by atoms with E-state index in [1.54, 1.807) is 30.2 Å². The number of amides is 1. The second-order valence-electron chi connectivity index (χ2n) is 8.10. The zero-order valence-electron chi connectivity index (χ0n) is 17.9. The number of para-hydroxylation sites is 1. The summed E-state index contributed by atoms with van der Waals surface area (Å²) in [6, 6.07) is 9.70. The van der Waals surface area contributed by atoms with Crippen molar-refractivity contribution in [3.05, 3.63) is 54.0 Å². The van der Waals surface area contributed by atoms with Crippen LogP contribution in [0.25, 0.3) is 22.1 Å². The lowest BCUT2D eigenvalue weighted by atomic mass is 10.1. The summed E-state index contributed by atoms with van der Waals surface area (Å²) >= 11 is 0. The highest BCUT2D eigenvalue weighted by molar-refractivity contribution is 6.06. The predicted octanol–water partition coefficient (Wildman–Crippen LogP) is 2.05. The average Bonchev–Trinajstić information content (AvgIpc) is 3.36. The molecule has 10 nitrogen and oxygen atoms in total. The second kappa shape index (κ2) is 8.05. The Morgan fingerprint density at radius 2 is 2.06 bits per heavy atom. The Kier molecular flexibility index (Phi) is 5.04. The van der Waals surface area contributed by atoms with Crippen molar-refractivity contribution in [2.75, 3.05) is 17.2 Å². The number of hydrogen-bond donors (Lipinski definition) is 3. The van der Waals surface area contributed by atoms with Crippen LogP contribution in [0.4, 0.5) is 11.6 Å². The number of aromatic nitrogens is 3. The van der Waals surface area contributed by atoms with Crippen molar-refractivity contribution in [1.29, 1.82) is 0 Å². The molecule has 5 rings (SSSR count). The van der Waals surface area contributed by atoms with E-state index in [1.165, 1.54) is 0 Å². The molecule has 0 saturated carbocycles. The van der Waals surface area contributed by atoms with E-state index in [0.29, 0.717) is 39.7 Å². The van der Waals surface area contributed by atoms with Gasteiger partial charge in [0.25, 0.3) is 0 Å². The van der Waals surface area contributed by atoms with Gasteiger partial charge in [0, 0.05) is 36.2 Å². The van der Waals surface area contributed by atoms with Crippen molar-refractivity contribution < 1.29 is 19.1 Å². The standard InChI is InChI=1S/C23H22N6O4/c1-12-26-19-15-6-2-3-7-17(15)33-20(19)22(27-12)29-11-14(10-16(29)23(31)32)28-18(30)9-13-5-4-8-25-21(13)24/h2-8,14,16H,9-11H2,1H3,(H2,24,25)(H,28,30)(H,31,32). The van der Waals surface area contributed by atoms with Gasteiger partial charge in [0.15, 0.2) is 11.4 Å². The van der Waals surface area contributed by atoms with Crippen LogP contribution in [0.1, 0.15) is 17.8 Å². The van der Waals surface area contributed by atoms with Crippen molar-refractivity contribution in [2.24, 2.45) is 0 Å². The van der Waals surface area contributed by atoms with Crippen molar-refractivity contribution in [1.82, 2.24) is 20.3 Å². The first-order valence-electron chi connectivity index (χ1n) is 10.5. The number of carbonyl (C=O) groups excluding carboxylic acids is 1. The number of nitrogen functional groups attached to an aromatic ring is 1. The molecule has 1 amide bonds.